The van der Waals surface area contributed by atoms with Crippen molar-refractivity contribution in [1.29, 1.82) is 0 Å². The van der Waals surface area contributed by atoms with Crippen LogP contribution >= 0.6 is 23.2 Å². The Morgan fingerprint density at radius 2 is 2.00 bits per heavy atom. The lowest BCUT2D eigenvalue weighted by Crippen LogP contribution is -1.76. The van der Waals surface area contributed by atoms with Crippen molar-refractivity contribution in [3.05, 3.63) is 40.5 Å². The smallest absolute Gasteiger partial charge is 0.168 e. The molecule has 0 fully saturated rings. The highest BCUT2D eigenvalue weighted by Gasteiger charge is 2.08. The maximum atomic E-state index is 5.96. The molecule has 1 aromatic carbocycles. The lowest BCUT2D eigenvalue weighted by atomic mass is 10.2. The van der Waals surface area contributed by atoms with Crippen molar-refractivity contribution in [2.75, 3.05) is 0 Å². The molecule has 1 heterocycles. The molecule has 4 heteroatoms. The molecule has 0 spiro atoms. The van der Waals surface area contributed by atoms with Gasteiger partial charge in [0.1, 0.15) is 0 Å². The van der Waals surface area contributed by atoms with E-state index in [0.717, 1.165) is 5.56 Å². The number of benzene rings is 1. The van der Waals surface area contributed by atoms with Crippen LogP contribution in [0.3, 0.4) is 0 Å². The lowest BCUT2D eigenvalue weighted by Gasteiger charge is -2.00. The summed E-state index contributed by atoms with van der Waals surface area (Å²) in [5, 5.41) is 4.59. The number of aromatic nitrogens is 1. The summed E-state index contributed by atoms with van der Waals surface area (Å²) < 4.78 is 4.96. The molecule has 0 aliphatic heterocycles. The Bertz CT molecular complexity index is 412. The summed E-state index contributed by atoms with van der Waals surface area (Å²) in [7, 11) is 0. The molecule has 0 radical (unpaired) electrons. The van der Waals surface area contributed by atoms with Crippen LogP contribution in [0, 0.1) is 0 Å². The number of nitrogens with zero attached hydrogens (tertiary/aromatic N) is 1. The molecular formula is C9H5Cl2NO. The molecule has 0 saturated carbocycles. The topological polar surface area (TPSA) is 26.0 Å². The van der Waals surface area contributed by atoms with Crippen LogP contribution in [0.2, 0.25) is 10.0 Å². The van der Waals surface area contributed by atoms with Crippen molar-refractivity contribution in [2.24, 2.45) is 0 Å². The molecule has 2 rings (SSSR count). The summed E-state index contributed by atoms with van der Waals surface area (Å²) in [6.07, 6.45) is 1.56. The van der Waals surface area contributed by atoms with E-state index in [2.05, 4.69) is 5.16 Å². The fourth-order valence-corrected chi connectivity index (χ4v) is 1.44. The van der Waals surface area contributed by atoms with E-state index < -0.39 is 0 Å². The first kappa shape index (κ1) is 8.60. The van der Waals surface area contributed by atoms with Gasteiger partial charge in [-0.25, -0.2) is 0 Å². The monoisotopic (exact) mass is 213 g/mol. The molecule has 0 aliphatic carbocycles. The Labute approximate surface area is 85.1 Å². The van der Waals surface area contributed by atoms with Crippen LogP contribution in [0.15, 0.2) is 35.0 Å². The van der Waals surface area contributed by atoms with E-state index in [9.17, 15) is 0 Å². The van der Waals surface area contributed by atoms with Crippen molar-refractivity contribution in [3.8, 4) is 11.3 Å². The van der Waals surface area contributed by atoms with Crippen LogP contribution in [-0.4, -0.2) is 5.16 Å². The van der Waals surface area contributed by atoms with Gasteiger partial charge in [0.15, 0.2) is 5.76 Å². The van der Waals surface area contributed by atoms with Crippen LogP contribution < -0.4 is 0 Å². The van der Waals surface area contributed by atoms with Crippen LogP contribution in [0.1, 0.15) is 0 Å². The van der Waals surface area contributed by atoms with Crippen molar-refractivity contribution in [1.82, 2.24) is 5.16 Å². The molecule has 2 aromatic rings. The molecule has 66 valence electrons. The standard InChI is InChI=1S/C9H5Cl2NO/c10-7-3-1-2-6(9(7)11)8-4-5-12-13-8/h1-5H. The molecule has 13 heavy (non-hydrogen) atoms. The van der Waals surface area contributed by atoms with Crippen molar-refractivity contribution < 1.29 is 4.52 Å². The first-order valence-electron chi connectivity index (χ1n) is 3.64. The molecular weight excluding hydrogens is 209 g/mol. The second-order valence-electron chi connectivity index (χ2n) is 2.48. The minimum Gasteiger partial charge on any atom is -0.356 e. The third kappa shape index (κ3) is 1.55. The maximum Gasteiger partial charge on any atom is 0.168 e. The number of halogens is 2. The summed E-state index contributed by atoms with van der Waals surface area (Å²) in [6.45, 7) is 0. The average molecular weight is 214 g/mol. The van der Waals surface area contributed by atoms with Crippen LogP contribution in [-0.2, 0) is 0 Å². The second-order valence-corrected chi connectivity index (χ2v) is 3.26. The Balaban J connectivity index is 2.59. The molecule has 0 amide bonds. The molecule has 0 bridgehead atoms. The summed E-state index contributed by atoms with van der Waals surface area (Å²) in [5.74, 6) is 0.618. The molecule has 0 unspecified atom stereocenters. The SMILES string of the molecule is Clc1cccc(-c2ccno2)c1Cl. The Morgan fingerprint density at radius 1 is 1.15 bits per heavy atom. The summed E-state index contributed by atoms with van der Waals surface area (Å²) in [5.41, 5.74) is 0.756. The number of hydrogen-bond donors (Lipinski definition) is 0. The number of rotatable bonds is 1. The quantitative estimate of drug-likeness (QED) is 0.723. The van der Waals surface area contributed by atoms with Gasteiger partial charge in [-0.2, -0.15) is 0 Å². The third-order valence-corrected chi connectivity index (χ3v) is 2.47. The van der Waals surface area contributed by atoms with Gasteiger partial charge in [0.25, 0.3) is 0 Å². The normalized spacial score (nSPS) is 10.3. The number of hydrogen-bond acceptors (Lipinski definition) is 2. The van der Waals surface area contributed by atoms with Crippen molar-refractivity contribution in [2.45, 2.75) is 0 Å². The second kappa shape index (κ2) is 3.40. The summed E-state index contributed by atoms with van der Waals surface area (Å²) in [4.78, 5) is 0. The zero-order valence-electron chi connectivity index (χ0n) is 6.50. The minimum absolute atomic E-state index is 0.487. The van der Waals surface area contributed by atoms with E-state index in [1.54, 1.807) is 18.3 Å². The van der Waals surface area contributed by atoms with Crippen LogP contribution in [0.25, 0.3) is 11.3 Å². The van der Waals surface area contributed by atoms with E-state index in [1.165, 1.54) is 0 Å². The van der Waals surface area contributed by atoms with Gasteiger partial charge >= 0.3 is 0 Å². The highest BCUT2D eigenvalue weighted by Crippen LogP contribution is 2.32. The minimum atomic E-state index is 0.487. The molecule has 0 N–H and O–H groups in total. The maximum absolute atomic E-state index is 5.96. The first-order chi connectivity index (χ1) is 6.29. The molecule has 0 atom stereocenters. The molecule has 0 aliphatic rings. The fourth-order valence-electron chi connectivity index (χ4n) is 1.05. The lowest BCUT2D eigenvalue weighted by molar-refractivity contribution is 0.432. The summed E-state index contributed by atoms with van der Waals surface area (Å²) >= 11 is 11.8. The predicted molar refractivity (Wildman–Crippen MR) is 52.0 cm³/mol. The third-order valence-electron chi connectivity index (χ3n) is 1.65. The highest BCUT2D eigenvalue weighted by atomic mass is 35.5. The van der Waals surface area contributed by atoms with E-state index >= 15 is 0 Å². The predicted octanol–water partition coefficient (Wildman–Crippen LogP) is 3.65. The highest BCUT2D eigenvalue weighted by molar-refractivity contribution is 6.43. The van der Waals surface area contributed by atoms with E-state index in [0.29, 0.717) is 15.8 Å². The van der Waals surface area contributed by atoms with E-state index in [4.69, 9.17) is 27.7 Å². The molecule has 2 nitrogen and oxygen atoms in total. The summed E-state index contributed by atoms with van der Waals surface area (Å²) in [6, 6.07) is 7.10. The zero-order valence-corrected chi connectivity index (χ0v) is 8.01. The van der Waals surface area contributed by atoms with Gasteiger partial charge in [0.2, 0.25) is 0 Å². The Kier molecular flexibility index (Phi) is 2.25. The first-order valence-corrected chi connectivity index (χ1v) is 4.39. The van der Waals surface area contributed by atoms with Gasteiger partial charge < -0.3 is 4.52 Å². The molecule has 1 aromatic heterocycles. The van der Waals surface area contributed by atoms with Gasteiger partial charge in [0.05, 0.1) is 16.2 Å². The van der Waals surface area contributed by atoms with Gasteiger partial charge in [0, 0.05) is 11.6 Å². The van der Waals surface area contributed by atoms with Gasteiger partial charge in [-0.15, -0.1) is 0 Å². The van der Waals surface area contributed by atoms with Crippen LogP contribution in [0.4, 0.5) is 0 Å². The van der Waals surface area contributed by atoms with Gasteiger partial charge in [-0.1, -0.05) is 34.4 Å². The Hall–Kier alpha value is -0.990. The van der Waals surface area contributed by atoms with Crippen LogP contribution in [0.5, 0.6) is 0 Å². The van der Waals surface area contributed by atoms with Crippen molar-refractivity contribution >= 4 is 23.2 Å². The van der Waals surface area contributed by atoms with E-state index in [1.807, 2.05) is 12.1 Å². The fraction of sp³-hybridized carbons (Fsp3) is 0. The molecule has 0 saturated heterocycles. The Morgan fingerprint density at radius 3 is 2.69 bits per heavy atom. The van der Waals surface area contributed by atoms with Crippen molar-refractivity contribution in [3.63, 3.8) is 0 Å². The largest absolute Gasteiger partial charge is 0.356 e. The van der Waals surface area contributed by atoms with Gasteiger partial charge in [-0.3, -0.25) is 0 Å². The van der Waals surface area contributed by atoms with E-state index in [-0.39, 0.29) is 0 Å². The zero-order chi connectivity index (χ0) is 9.26. The van der Waals surface area contributed by atoms with Gasteiger partial charge in [-0.05, 0) is 12.1 Å². The average Bonchev–Trinajstić information content (AvgIpc) is 2.62.